The lowest BCUT2D eigenvalue weighted by Crippen LogP contribution is -1.82. The van der Waals surface area contributed by atoms with Gasteiger partial charge in [-0.1, -0.05) is 66.0 Å². The van der Waals surface area contributed by atoms with Crippen LogP contribution in [0.3, 0.4) is 0 Å². The number of hydrogen-bond donors (Lipinski definition) is 0. The number of unbranched alkanes of at least 4 members (excludes halogenated alkanes) is 3. The standard InChI is InChI=1S/C14H19Br/c1-2-3-4-5-6-7-10-13-11-8-9-12-14(13)15/h6-9,11-12H,2-5,10H2,1H3. The number of hydrogen-bond acceptors (Lipinski definition) is 0. The summed E-state index contributed by atoms with van der Waals surface area (Å²) in [6.07, 6.45) is 10.8. The minimum absolute atomic E-state index is 1.04. The SMILES string of the molecule is CCCCCC=CCc1ccccc1Br. The number of rotatable bonds is 6. The van der Waals surface area contributed by atoms with Gasteiger partial charge in [0.2, 0.25) is 0 Å². The highest BCUT2D eigenvalue weighted by atomic mass is 79.9. The Labute approximate surface area is 102 Å². The van der Waals surface area contributed by atoms with Gasteiger partial charge < -0.3 is 0 Å². The van der Waals surface area contributed by atoms with E-state index in [0.29, 0.717) is 0 Å². The molecule has 0 heterocycles. The molecule has 0 amide bonds. The van der Waals surface area contributed by atoms with E-state index in [1.165, 1.54) is 35.7 Å². The second-order valence-electron chi connectivity index (χ2n) is 3.76. The van der Waals surface area contributed by atoms with Crippen LogP contribution in [0.4, 0.5) is 0 Å². The quantitative estimate of drug-likeness (QED) is 0.495. The van der Waals surface area contributed by atoms with Crippen molar-refractivity contribution in [1.82, 2.24) is 0 Å². The van der Waals surface area contributed by atoms with E-state index < -0.39 is 0 Å². The summed E-state index contributed by atoms with van der Waals surface area (Å²) in [6.45, 7) is 2.24. The lowest BCUT2D eigenvalue weighted by molar-refractivity contribution is 0.728. The summed E-state index contributed by atoms with van der Waals surface area (Å²) in [7, 11) is 0. The van der Waals surface area contributed by atoms with Gasteiger partial charge in [-0.2, -0.15) is 0 Å². The van der Waals surface area contributed by atoms with Crippen molar-refractivity contribution in [3.8, 4) is 0 Å². The van der Waals surface area contributed by atoms with Gasteiger partial charge in [0.25, 0.3) is 0 Å². The van der Waals surface area contributed by atoms with Crippen LogP contribution in [0.1, 0.15) is 38.2 Å². The molecule has 0 radical (unpaired) electrons. The molecule has 15 heavy (non-hydrogen) atoms. The Kier molecular flexibility index (Phi) is 6.42. The zero-order valence-corrected chi connectivity index (χ0v) is 11.0. The van der Waals surface area contributed by atoms with Crippen molar-refractivity contribution in [3.63, 3.8) is 0 Å². The number of allylic oxidation sites excluding steroid dienone is 2. The average Bonchev–Trinajstić information content (AvgIpc) is 2.25. The van der Waals surface area contributed by atoms with E-state index in [2.05, 4.69) is 59.3 Å². The fraction of sp³-hybridized carbons (Fsp3) is 0.429. The first-order valence-electron chi connectivity index (χ1n) is 5.73. The zero-order chi connectivity index (χ0) is 10.9. The first kappa shape index (κ1) is 12.5. The summed E-state index contributed by atoms with van der Waals surface area (Å²) in [6, 6.07) is 8.41. The molecule has 0 atom stereocenters. The predicted octanol–water partition coefficient (Wildman–Crippen LogP) is 5.13. The smallest absolute Gasteiger partial charge is 0.0210 e. The van der Waals surface area contributed by atoms with Crippen LogP contribution in [0.15, 0.2) is 40.9 Å². The Balaban J connectivity index is 2.28. The van der Waals surface area contributed by atoms with Crippen LogP contribution in [0.5, 0.6) is 0 Å². The highest BCUT2D eigenvalue weighted by Gasteiger charge is 1.94. The molecule has 1 aromatic carbocycles. The molecule has 0 fully saturated rings. The zero-order valence-electron chi connectivity index (χ0n) is 9.38. The molecule has 1 rings (SSSR count). The van der Waals surface area contributed by atoms with E-state index in [4.69, 9.17) is 0 Å². The van der Waals surface area contributed by atoms with Gasteiger partial charge in [-0.3, -0.25) is 0 Å². The van der Waals surface area contributed by atoms with Crippen LogP contribution in [0.2, 0.25) is 0 Å². The molecule has 0 bridgehead atoms. The van der Waals surface area contributed by atoms with Crippen LogP contribution in [0, 0.1) is 0 Å². The normalized spacial score (nSPS) is 11.1. The fourth-order valence-corrected chi connectivity index (χ4v) is 1.95. The van der Waals surface area contributed by atoms with Gasteiger partial charge in [-0.25, -0.2) is 0 Å². The molecule has 1 aromatic rings. The Hall–Kier alpha value is -0.560. The fourth-order valence-electron chi connectivity index (χ4n) is 1.50. The lowest BCUT2D eigenvalue weighted by atomic mass is 10.1. The molecular formula is C14H19Br. The van der Waals surface area contributed by atoms with Crippen LogP contribution < -0.4 is 0 Å². The van der Waals surface area contributed by atoms with E-state index in [1.54, 1.807) is 0 Å². The van der Waals surface area contributed by atoms with Crippen molar-refractivity contribution in [2.24, 2.45) is 0 Å². The van der Waals surface area contributed by atoms with E-state index >= 15 is 0 Å². The van der Waals surface area contributed by atoms with Crippen LogP contribution >= 0.6 is 15.9 Å². The molecule has 0 unspecified atom stereocenters. The van der Waals surface area contributed by atoms with E-state index in [0.717, 1.165) is 6.42 Å². The van der Waals surface area contributed by atoms with Crippen molar-refractivity contribution in [2.75, 3.05) is 0 Å². The largest absolute Gasteiger partial charge is 0.0882 e. The minimum atomic E-state index is 1.04. The Morgan fingerprint density at radius 3 is 2.67 bits per heavy atom. The molecular weight excluding hydrogens is 248 g/mol. The molecule has 1 heteroatoms. The van der Waals surface area contributed by atoms with Crippen LogP contribution in [-0.4, -0.2) is 0 Å². The highest BCUT2D eigenvalue weighted by Crippen LogP contribution is 2.16. The van der Waals surface area contributed by atoms with Crippen LogP contribution in [0.25, 0.3) is 0 Å². The summed E-state index contributed by atoms with van der Waals surface area (Å²) in [5.41, 5.74) is 1.37. The van der Waals surface area contributed by atoms with Gasteiger partial charge in [0.05, 0.1) is 0 Å². The monoisotopic (exact) mass is 266 g/mol. The molecule has 0 nitrogen and oxygen atoms in total. The Morgan fingerprint density at radius 2 is 1.93 bits per heavy atom. The van der Waals surface area contributed by atoms with Gasteiger partial charge in [0.15, 0.2) is 0 Å². The van der Waals surface area contributed by atoms with E-state index in [-0.39, 0.29) is 0 Å². The van der Waals surface area contributed by atoms with Gasteiger partial charge in [0, 0.05) is 4.47 Å². The number of benzene rings is 1. The molecule has 0 saturated carbocycles. The molecule has 0 aliphatic heterocycles. The van der Waals surface area contributed by atoms with Crippen molar-refractivity contribution in [3.05, 3.63) is 46.5 Å². The Morgan fingerprint density at radius 1 is 1.13 bits per heavy atom. The third-order valence-corrected chi connectivity index (χ3v) is 3.21. The first-order chi connectivity index (χ1) is 7.34. The van der Waals surface area contributed by atoms with E-state index in [9.17, 15) is 0 Å². The molecule has 0 aromatic heterocycles. The van der Waals surface area contributed by atoms with Gasteiger partial charge in [-0.05, 0) is 30.9 Å². The summed E-state index contributed by atoms with van der Waals surface area (Å²) < 4.78 is 1.21. The van der Waals surface area contributed by atoms with Crippen molar-refractivity contribution in [1.29, 1.82) is 0 Å². The van der Waals surface area contributed by atoms with E-state index in [1.807, 2.05) is 0 Å². The number of halogens is 1. The van der Waals surface area contributed by atoms with Gasteiger partial charge in [-0.15, -0.1) is 0 Å². The second kappa shape index (κ2) is 7.70. The maximum absolute atomic E-state index is 3.56. The topological polar surface area (TPSA) is 0 Å². The summed E-state index contributed by atoms with van der Waals surface area (Å²) in [4.78, 5) is 0. The first-order valence-corrected chi connectivity index (χ1v) is 6.52. The van der Waals surface area contributed by atoms with Crippen molar-refractivity contribution < 1.29 is 0 Å². The third kappa shape index (κ3) is 5.17. The summed E-state index contributed by atoms with van der Waals surface area (Å²) >= 11 is 3.56. The van der Waals surface area contributed by atoms with Crippen LogP contribution in [-0.2, 0) is 6.42 Å². The summed E-state index contributed by atoms with van der Waals surface area (Å²) in [5.74, 6) is 0. The maximum atomic E-state index is 3.56. The van der Waals surface area contributed by atoms with Gasteiger partial charge >= 0.3 is 0 Å². The third-order valence-electron chi connectivity index (χ3n) is 2.44. The average molecular weight is 267 g/mol. The molecule has 82 valence electrons. The van der Waals surface area contributed by atoms with Crippen molar-refractivity contribution in [2.45, 2.75) is 39.0 Å². The van der Waals surface area contributed by atoms with Crippen molar-refractivity contribution >= 4 is 15.9 Å². The Bertz CT molecular complexity index is 302. The molecule has 0 N–H and O–H groups in total. The lowest BCUT2D eigenvalue weighted by Gasteiger charge is -1.99. The summed E-state index contributed by atoms with van der Waals surface area (Å²) in [5, 5.41) is 0. The predicted molar refractivity (Wildman–Crippen MR) is 71.1 cm³/mol. The molecule has 0 saturated heterocycles. The highest BCUT2D eigenvalue weighted by molar-refractivity contribution is 9.10. The minimum Gasteiger partial charge on any atom is -0.0882 e. The second-order valence-corrected chi connectivity index (χ2v) is 4.62. The molecule has 0 spiro atoms. The maximum Gasteiger partial charge on any atom is 0.0210 e. The van der Waals surface area contributed by atoms with Gasteiger partial charge in [0.1, 0.15) is 0 Å². The molecule has 0 aliphatic carbocycles. The molecule has 0 aliphatic rings.